The van der Waals surface area contributed by atoms with Crippen LogP contribution in [0.1, 0.15) is 21.7 Å². The van der Waals surface area contributed by atoms with Crippen LogP contribution in [-0.2, 0) is 13.1 Å². The lowest BCUT2D eigenvalue weighted by Crippen LogP contribution is -2.15. The Morgan fingerprint density at radius 3 is 2.95 bits per heavy atom. The van der Waals surface area contributed by atoms with Crippen LogP contribution < -0.4 is 10.1 Å². The van der Waals surface area contributed by atoms with Crippen LogP contribution >= 0.6 is 0 Å². The first-order chi connectivity index (χ1) is 9.22. The van der Waals surface area contributed by atoms with Gasteiger partial charge in [0, 0.05) is 30.4 Å². The molecule has 0 aliphatic heterocycles. The van der Waals surface area contributed by atoms with E-state index in [2.05, 4.69) is 10.3 Å². The van der Waals surface area contributed by atoms with Crippen LogP contribution in [0.15, 0.2) is 35.1 Å². The summed E-state index contributed by atoms with van der Waals surface area (Å²) in [5, 5.41) is 12.0. The maximum absolute atomic E-state index is 10.9. The first kappa shape index (κ1) is 13.1. The number of nitrogens with one attached hydrogen (secondary N) is 1. The number of hydrogen-bond donors (Lipinski definition) is 2. The Kier molecular flexibility index (Phi) is 4.15. The smallest absolute Gasteiger partial charge is 0.372 e. The van der Waals surface area contributed by atoms with E-state index in [0.29, 0.717) is 24.5 Å². The molecule has 2 aromatic rings. The lowest BCUT2D eigenvalue weighted by Gasteiger charge is -2.07. The van der Waals surface area contributed by atoms with E-state index in [1.54, 1.807) is 19.4 Å². The molecule has 0 unspecified atom stereocenters. The fourth-order valence-electron chi connectivity index (χ4n) is 1.74. The largest absolute Gasteiger partial charge is 0.481 e. The molecule has 0 aliphatic carbocycles. The van der Waals surface area contributed by atoms with Gasteiger partial charge in [-0.3, -0.25) is 0 Å². The van der Waals surface area contributed by atoms with Gasteiger partial charge in [-0.1, -0.05) is 6.07 Å². The number of hydrogen-bond acceptors (Lipinski definition) is 5. The average Bonchev–Trinajstić information content (AvgIpc) is 2.88. The highest BCUT2D eigenvalue weighted by molar-refractivity contribution is 5.86. The fourth-order valence-corrected chi connectivity index (χ4v) is 1.74. The second kappa shape index (κ2) is 6.01. The SMILES string of the molecule is COc1ncccc1CNCc1ccoc1C(=O)O. The molecule has 19 heavy (non-hydrogen) atoms. The van der Waals surface area contributed by atoms with Crippen molar-refractivity contribution in [3.05, 3.63) is 47.5 Å². The molecule has 2 rings (SSSR count). The van der Waals surface area contributed by atoms with Crippen molar-refractivity contribution in [2.24, 2.45) is 0 Å². The molecule has 6 heteroatoms. The highest BCUT2D eigenvalue weighted by atomic mass is 16.5. The summed E-state index contributed by atoms with van der Waals surface area (Å²) in [6.07, 6.45) is 3.02. The van der Waals surface area contributed by atoms with E-state index in [1.165, 1.54) is 6.26 Å². The van der Waals surface area contributed by atoms with Gasteiger partial charge in [0.1, 0.15) is 0 Å². The molecule has 0 amide bonds. The number of carboxylic acids is 1. The first-order valence-corrected chi connectivity index (χ1v) is 5.70. The normalized spacial score (nSPS) is 10.4. The highest BCUT2D eigenvalue weighted by Crippen LogP contribution is 2.14. The maximum Gasteiger partial charge on any atom is 0.372 e. The van der Waals surface area contributed by atoms with Crippen molar-refractivity contribution in [2.45, 2.75) is 13.1 Å². The molecule has 0 atom stereocenters. The Morgan fingerprint density at radius 1 is 1.42 bits per heavy atom. The number of carboxylic acid groups (broad SMARTS) is 1. The quantitative estimate of drug-likeness (QED) is 0.823. The molecule has 0 spiro atoms. The first-order valence-electron chi connectivity index (χ1n) is 5.70. The van der Waals surface area contributed by atoms with Crippen LogP contribution in [0.25, 0.3) is 0 Å². The Balaban J connectivity index is 1.96. The van der Waals surface area contributed by atoms with Gasteiger partial charge in [0.25, 0.3) is 0 Å². The van der Waals surface area contributed by atoms with E-state index in [4.69, 9.17) is 14.3 Å². The van der Waals surface area contributed by atoms with Gasteiger partial charge in [-0.05, 0) is 12.1 Å². The number of aromatic nitrogens is 1. The topological polar surface area (TPSA) is 84.6 Å². The van der Waals surface area contributed by atoms with Crippen molar-refractivity contribution < 1.29 is 19.1 Å². The van der Waals surface area contributed by atoms with Crippen molar-refractivity contribution in [2.75, 3.05) is 7.11 Å². The van der Waals surface area contributed by atoms with E-state index >= 15 is 0 Å². The number of ether oxygens (including phenoxy) is 1. The Morgan fingerprint density at radius 2 is 2.21 bits per heavy atom. The number of nitrogens with zero attached hydrogens (tertiary/aromatic N) is 1. The number of furan rings is 1. The van der Waals surface area contributed by atoms with E-state index < -0.39 is 5.97 Å². The van der Waals surface area contributed by atoms with Crippen molar-refractivity contribution in [1.82, 2.24) is 10.3 Å². The highest BCUT2D eigenvalue weighted by Gasteiger charge is 2.13. The molecule has 0 fully saturated rings. The number of rotatable bonds is 6. The summed E-state index contributed by atoms with van der Waals surface area (Å²) in [4.78, 5) is 14.9. The average molecular weight is 262 g/mol. The molecule has 2 aromatic heterocycles. The predicted molar refractivity (Wildman–Crippen MR) is 67.0 cm³/mol. The molecule has 0 saturated heterocycles. The van der Waals surface area contributed by atoms with Gasteiger partial charge in [-0.25, -0.2) is 9.78 Å². The fraction of sp³-hybridized carbons (Fsp3) is 0.231. The van der Waals surface area contributed by atoms with Crippen LogP contribution in [-0.4, -0.2) is 23.2 Å². The van der Waals surface area contributed by atoms with Crippen LogP contribution in [0, 0.1) is 0 Å². The second-order valence-electron chi connectivity index (χ2n) is 3.86. The lowest BCUT2D eigenvalue weighted by molar-refractivity contribution is 0.0660. The maximum atomic E-state index is 10.9. The number of carbonyl (C=O) groups is 1. The van der Waals surface area contributed by atoms with Gasteiger partial charge < -0.3 is 19.6 Å². The molecule has 0 aliphatic rings. The van der Waals surface area contributed by atoms with Crippen LogP contribution in [0.5, 0.6) is 5.88 Å². The minimum atomic E-state index is -1.07. The molecule has 100 valence electrons. The third kappa shape index (κ3) is 3.11. The molecule has 2 heterocycles. The molecular weight excluding hydrogens is 248 g/mol. The molecule has 2 N–H and O–H groups in total. The predicted octanol–water partition coefficient (Wildman–Crippen LogP) is 1.67. The van der Waals surface area contributed by atoms with Gasteiger partial charge in [0.15, 0.2) is 0 Å². The summed E-state index contributed by atoms with van der Waals surface area (Å²) in [6.45, 7) is 0.928. The van der Waals surface area contributed by atoms with E-state index in [1.807, 2.05) is 12.1 Å². The zero-order valence-corrected chi connectivity index (χ0v) is 10.4. The van der Waals surface area contributed by atoms with Crippen LogP contribution in [0.3, 0.4) is 0 Å². The molecule has 0 saturated carbocycles. The molecule has 0 radical (unpaired) electrons. The van der Waals surface area contributed by atoms with E-state index in [0.717, 1.165) is 5.56 Å². The van der Waals surface area contributed by atoms with Gasteiger partial charge in [0.05, 0.1) is 13.4 Å². The van der Waals surface area contributed by atoms with Crippen LogP contribution in [0.4, 0.5) is 0 Å². The summed E-state index contributed by atoms with van der Waals surface area (Å²) in [5.41, 5.74) is 1.51. The van der Waals surface area contributed by atoms with Crippen molar-refractivity contribution in [3.8, 4) is 5.88 Å². The van der Waals surface area contributed by atoms with Crippen molar-refractivity contribution in [3.63, 3.8) is 0 Å². The minimum Gasteiger partial charge on any atom is -0.481 e. The second-order valence-corrected chi connectivity index (χ2v) is 3.86. The minimum absolute atomic E-state index is 0.0364. The number of aromatic carboxylic acids is 1. The van der Waals surface area contributed by atoms with E-state index in [-0.39, 0.29) is 5.76 Å². The Hall–Kier alpha value is -2.34. The van der Waals surface area contributed by atoms with Crippen molar-refractivity contribution >= 4 is 5.97 Å². The third-order valence-electron chi connectivity index (χ3n) is 2.62. The lowest BCUT2D eigenvalue weighted by atomic mass is 10.2. The van der Waals surface area contributed by atoms with Gasteiger partial charge in [0.2, 0.25) is 11.6 Å². The number of pyridine rings is 1. The summed E-state index contributed by atoms with van der Waals surface area (Å²) in [7, 11) is 1.56. The van der Waals surface area contributed by atoms with Crippen LogP contribution in [0.2, 0.25) is 0 Å². The molecule has 0 bridgehead atoms. The van der Waals surface area contributed by atoms with Gasteiger partial charge in [-0.15, -0.1) is 0 Å². The zero-order valence-electron chi connectivity index (χ0n) is 10.4. The van der Waals surface area contributed by atoms with E-state index in [9.17, 15) is 4.79 Å². The molecule has 6 nitrogen and oxygen atoms in total. The summed E-state index contributed by atoms with van der Waals surface area (Å²) in [6, 6.07) is 5.35. The van der Waals surface area contributed by atoms with Gasteiger partial charge in [-0.2, -0.15) is 0 Å². The monoisotopic (exact) mass is 262 g/mol. The van der Waals surface area contributed by atoms with Gasteiger partial charge >= 0.3 is 5.97 Å². The third-order valence-corrected chi connectivity index (χ3v) is 2.62. The van der Waals surface area contributed by atoms with Crippen molar-refractivity contribution in [1.29, 1.82) is 0 Å². The molecular formula is C13H14N2O4. The summed E-state index contributed by atoms with van der Waals surface area (Å²) >= 11 is 0. The standard InChI is InChI=1S/C13H14N2O4/c1-18-12-10(3-2-5-15-12)8-14-7-9-4-6-19-11(9)13(16)17/h2-6,14H,7-8H2,1H3,(H,16,17). The zero-order chi connectivity index (χ0) is 13.7. The summed E-state index contributed by atoms with van der Waals surface area (Å²) < 4.78 is 10.0. The number of methoxy groups -OCH3 is 1. The molecule has 0 aromatic carbocycles. The summed E-state index contributed by atoms with van der Waals surface area (Å²) in [5.74, 6) is -0.549. The Labute approximate surface area is 110 Å². The Bertz CT molecular complexity index is 565.